The molecule has 33 heavy (non-hydrogen) atoms. The number of aliphatic hydroxyl groups excluding tert-OH is 1. The molecule has 0 aliphatic rings. The second kappa shape index (κ2) is 11.6. The van der Waals surface area contributed by atoms with Gasteiger partial charge in [-0.1, -0.05) is 62.7 Å². The zero-order valence-corrected chi connectivity index (χ0v) is 21.9. The van der Waals surface area contributed by atoms with E-state index in [4.69, 9.17) is 9.47 Å². The van der Waals surface area contributed by atoms with Crippen LogP contribution >= 0.6 is 15.9 Å². The third kappa shape index (κ3) is 7.90. The Labute approximate surface area is 205 Å². The monoisotopic (exact) mass is 522 g/mol. The lowest BCUT2D eigenvalue weighted by atomic mass is 9.74. The predicted octanol–water partition coefficient (Wildman–Crippen LogP) is 6.57. The van der Waals surface area contributed by atoms with Crippen LogP contribution < -0.4 is 0 Å². The highest BCUT2D eigenvalue weighted by Gasteiger charge is 2.45. The van der Waals surface area contributed by atoms with Gasteiger partial charge in [0, 0.05) is 12.2 Å². The Morgan fingerprint density at radius 3 is 2.27 bits per heavy atom. The van der Waals surface area contributed by atoms with Crippen LogP contribution in [0.3, 0.4) is 0 Å². The van der Waals surface area contributed by atoms with Crippen molar-refractivity contribution in [3.8, 4) is 0 Å². The van der Waals surface area contributed by atoms with E-state index < -0.39 is 22.8 Å². The molecule has 0 bridgehead atoms. The molecule has 2 aromatic rings. The standard InChI is InChI=1S/C27H36BrFO4/c1-25(2,3)33-24(31)27(16-10-15-26(4,5)18-30,21-13-9-14-22(28)23(21)29)19-32-17-20-11-7-6-8-12-20/h6-9,11-14,30H,10,15-19H2,1-5H3. The molecular weight excluding hydrogens is 487 g/mol. The molecule has 1 unspecified atom stereocenters. The lowest BCUT2D eigenvalue weighted by Gasteiger charge is -2.36. The van der Waals surface area contributed by atoms with Gasteiger partial charge >= 0.3 is 5.97 Å². The molecule has 2 rings (SSSR count). The minimum atomic E-state index is -1.33. The Balaban J connectivity index is 2.46. The quantitative estimate of drug-likeness (QED) is 0.339. The van der Waals surface area contributed by atoms with Crippen LogP contribution in [0.25, 0.3) is 0 Å². The van der Waals surface area contributed by atoms with Gasteiger partial charge in [0.1, 0.15) is 16.8 Å². The first kappa shape index (κ1) is 27.5. The van der Waals surface area contributed by atoms with Crippen molar-refractivity contribution in [1.82, 2.24) is 0 Å². The van der Waals surface area contributed by atoms with Crippen molar-refractivity contribution in [3.05, 3.63) is 69.9 Å². The first-order valence-corrected chi connectivity index (χ1v) is 12.1. The second-order valence-corrected chi connectivity index (χ2v) is 11.2. The molecule has 0 aliphatic heterocycles. The maximum atomic E-state index is 15.4. The SMILES string of the molecule is CC(C)(CO)CCCC(COCc1ccccc1)(C(=O)OC(C)(C)C)c1cccc(Br)c1F. The summed E-state index contributed by atoms with van der Waals surface area (Å²) in [5.74, 6) is -1.00. The van der Waals surface area contributed by atoms with Gasteiger partial charge in [-0.25, -0.2) is 4.39 Å². The van der Waals surface area contributed by atoms with Crippen molar-refractivity contribution >= 4 is 21.9 Å². The van der Waals surface area contributed by atoms with Gasteiger partial charge in [0.05, 0.1) is 17.7 Å². The van der Waals surface area contributed by atoms with Crippen LogP contribution in [0.1, 0.15) is 65.0 Å². The predicted molar refractivity (Wildman–Crippen MR) is 132 cm³/mol. The second-order valence-electron chi connectivity index (χ2n) is 10.3. The van der Waals surface area contributed by atoms with Crippen molar-refractivity contribution in [2.45, 2.75) is 71.5 Å². The minimum Gasteiger partial charge on any atom is -0.459 e. The number of ether oxygens (including phenoxy) is 2. The lowest BCUT2D eigenvalue weighted by Crippen LogP contribution is -2.45. The molecule has 0 spiro atoms. The summed E-state index contributed by atoms with van der Waals surface area (Å²) in [6.45, 7) is 9.63. The van der Waals surface area contributed by atoms with E-state index in [0.29, 0.717) is 25.9 Å². The van der Waals surface area contributed by atoms with E-state index >= 15 is 4.39 Å². The Morgan fingerprint density at radius 1 is 1.00 bits per heavy atom. The molecule has 0 saturated carbocycles. The summed E-state index contributed by atoms with van der Waals surface area (Å²) in [4.78, 5) is 13.7. The molecule has 6 heteroatoms. The van der Waals surface area contributed by atoms with Gasteiger partial charge in [0.2, 0.25) is 0 Å². The van der Waals surface area contributed by atoms with Crippen LogP contribution in [0.4, 0.5) is 4.39 Å². The number of carbonyl (C=O) groups excluding carboxylic acids is 1. The number of carbonyl (C=O) groups is 1. The van der Waals surface area contributed by atoms with E-state index in [2.05, 4.69) is 15.9 Å². The van der Waals surface area contributed by atoms with E-state index in [0.717, 1.165) is 5.56 Å². The Morgan fingerprint density at radius 2 is 1.67 bits per heavy atom. The van der Waals surface area contributed by atoms with Crippen LogP contribution in [0.15, 0.2) is 53.0 Å². The molecule has 0 heterocycles. The highest BCUT2D eigenvalue weighted by molar-refractivity contribution is 9.10. The molecule has 2 aromatic carbocycles. The molecular formula is C27H36BrFO4. The van der Waals surface area contributed by atoms with Crippen LogP contribution in [-0.2, 0) is 26.3 Å². The van der Waals surface area contributed by atoms with Crippen LogP contribution in [-0.4, -0.2) is 29.9 Å². The fraction of sp³-hybridized carbons (Fsp3) is 0.519. The topological polar surface area (TPSA) is 55.8 Å². The van der Waals surface area contributed by atoms with Gasteiger partial charge in [-0.2, -0.15) is 0 Å². The number of halogens is 2. The largest absolute Gasteiger partial charge is 0.459 e. The Kier molecular flexibility index (Phi) is 9.65. The van der Waals surface area contributed by atoms with E-state index in [1.54, 1.807) is 39.0 Å². The average molecular weight is 523 g/mol. The lowest BCUT2D eigenvalue weighted by molar-refractivity contribution is -0.166. The van der Waals surface area contributed by atoms with Crippen LogP contribution in [0.5, 0.6) is 0 Å². The average Bonchev–Trinajstić information content (AvgIpc) is 2.74. The van der Waals surface area contributed by atoms with Crippen LogP contribution in [0, 0.1) is 11.2 Å². The van der Waals surface area contributed by atoms with Crippen molar-refractivity contribution in [2.24, 2.45) is 5.41 Å². The zero-order valence-electron chi connectivity index (χ0n) is 20.3. The Bertz CT molecular complexity index is 908. The maximum absolute atomic E-state index is 15.4. The van der Waals surface area contributed by atoms with Crippen molar-refractivity contribution in [2.75, 3.05) is 13.2 Å². The highest BCUT2D eigenvalue weighted by atomic mass is 79.9. The van der Waals surface area contributed by atoms with Gasteiger partial charge < -0.3 is 14.6 Å². The van der Waals surface area contributed by atoms with Crippen molar-refractivity contribution in [3.63, 3.8) is 0 Å². The van der Waals surface area contributed by atoms with Gasteiger partial charge in [0.15, 0.2) is 0 Å². The number of benzene rings is 2. The summed E-state index contributed by atoms with van der Waals surface area (Å²) in [5.41, 5.74) is -1.16. The fourth-order valence-corrected chi connectivity index (χ4v) is 4.04. The van der Waals surface area contributed by atoms with Gasteiger partial charge in [0.25, 0.3) is 0 Å². The zero-order chi connectivity index (χ0) is 24.7. The maximum Gasteiger partial charge on any atom is 0.319 e. The molecule has 0 fully saturated rings. The van der Waals surface area contributed by atoms with E-state index in [9.17, 15) is 9.90 Å². The smallest absolute Gasteiger partial charge is 0.319 e. The number of hydrogen-bond donors (Lipinski definition) is 1. The molecule has 1 atom stereocenters. The molecule has 0 saturated heterocycles. The number of esters is 1. The third-order valence-electron chi connectivity index (χ3n) is 5.60. The fourth-order valence-electron chi connectivity index (χ4n) is 3.67. The number of hydrogen-bond acceptors (Lipinski definition) is 4. The normalized spacial score (nSPS) is 14.1. The first-order valence-electron chi connectivity index (χ1n) is 11.3. The molecule has 1 N–H and O–H groups in total. The molecule has 4 nitrogen and oxygen atoms in total. The summed E-state index contributed by atoms with van der Waals surface area (Å²) in [7, 11) is 0. The molecule has 0 amide bonds. The molecule has 0 aliphatic carbocycles. The molecule has 0 radical (unpaired) electrons. The number of aliphatic hydroxyl groups is 1. The summed E-state index contributed by atoms with van der Waals surface area (Å²) in [6, 6.07) is 14.6. The molecule has 182 valence electrons. The first-order chi connectivity index (χ1) is 15.4. The van der Waals surface area contributed by atoms with Crippen LogP contribution in [0.2, 0.25) is 0 Å². The number of rotatable bonds is 11. The third-order valence-corrected chi connectivity index (χ3v) is 6.21. The van der Waals surface area contributed by atoms with E-state index in [1.165, 1.54) is 0 Å². The molecule has 0 aromatic heterocycles. The van der Waals surface area contributed by atoms with Gasteiger partial charge in [-0.15, -0.1) is 0 Å². The summed E-state index contributed by atoms with van der Waals surface area (Å²) >= 11 is 3.26. The van der Waals surface area contributed by atoms with Crippen molar-refractivity contribution in [1.29, 1.82) is 0 Å². The van der Waals surface area contributed by atoms with Gasteiger partial charge in [-0.3, -0.25) is 4.79 Å². The summed E-state index contributed by atoms with van der Waals surface area (Å²) in [6.07, 6.45) is 1.59. The minimum absolute atomic E-state index is 0.0241. The summed E-state index contributed by atoms with van der Waals surface area (Å²) < 4.78 is 27.6. The highest BCUT2D eigenvalue weighted by Crippen LogP contribution is 2.39. The Hall–Kier alpha value is -1.76. The summed E-state index contributed by atoms with van der Waals surface area (Å²) in [5, 5.41) is 9.67. The van der Waals surface area contributed by atoms with Gasteiger partial charge in [-0.05, 0) is 66.6 Å². The van der Waals surface area contributed by atoms with E-state index in [1.807, 2.05) is 44.2 Å². The van der Waals surface area contributed by atoms with E-state index in [-0.39, 0.29) is 28.7 Å². The van der Waals surface area contributed by atoms with Crippen molar-refractivity contribution < 1.29 is 23.8 Å².